The van der Waals surface area contributed by atoms with Crippen molar-refractivity contribution < 1.29 is 27.4 Å². The molecule has 3 aromatic rings. The predicted octanol–water partition coefficient (Wildman–Crippen LogP) is 5.61. The normalized spacial score (nSPS) is 11.1. The second kappa shape index (κ2) is 8.35. The van der Waals surface area contributed by atoms with Gasteiger partial charge in [0.1, 0.15) is 18.1 Å². The number of para-hydroxylation sites is 1. The lowest BCUT2D eigenvalue weighted by Gasteiger charge is -2.12. The number of hydrogen-bond acceptors (Lipinski definition) is 4. The first-order valence-corrected chi connectivity index (χ1v) is 9.06. The highest BCUT2D eigenvalue weighted by Gasteiger charge is 2.33. The highest BCUT2D eigenvalue weighted by Crippen LogP contribution is 2.35. The molecule has 1 heterocycles. The van der Waals surface area contributed by atoms with Gasteiger partial charge < -0.3 is 14.8 Å². The fourth-order valence-electron chi connectivity index (χ4n) is 2.45. The second-order valence-electron chi connectivity index (χ2n) is 5.78. The Bertz CT molecular complexity index is 969. The number of halogens is 3. The lowest BCUT2D eigenvalue weighted by molar-refractivity contribution is -0.136. The highest BCUT2D eigenvalue weighted by atomic mass is 32.1. The first-order chi connectivity index (χ1) is 13.4. The number of carbonyl (C=O) groups excluding carboxylic acids is 1. The predicted molar refractivity (Wildman–Crippen MR) is 101 cm³/mol. The summed E-state index contributed by atoms with van der Waals surface area (Å²) in [4.78, 5) is 12.6. The summed E-state index contributed by atoms with van der Waals surface area (Å²) < 4.78 is 49.9. The molecule has 8 heteroatoms. The van der Waals surface area contributed by atoms with Crippen LogP contribution in [0.4, 0.5) is 18.9 Å². The minimum atomic E-state index is -4.55. The van der Waals surface area contributed by atoms with E-state index in [4.69, 9.17) is 9.47 Å². The van der Waals surface area contributed by atoms with Crippen LogP contribution in [0.15, 0.2) is 60.0 Å². The number of nitrogens with one attached hydrogen (secondary N) is 1. The molecule has 1 aromatic heterocycles. The lowest BCUT2D eigenvalue weighted by atomic mass is 10.1. The van der Waals surface area contributed by atoms with Gasteiger partial charge in [0.05, 0.1) is 23.2 Å². The number of methoxy groups -OCH3 is 1. The Morgan fingerprint density at radius 2 is 1.82 bits per heavy atom. The topological polar surface area (TPSA) is 47.6 Å². The quantitative estimate of drug-likeness (QED) is 0.578. The summed E-state index contributed by atoms with van der Waals surface area (Å²) in [6.07, 6.45) is -4.55. The van der Waals surface area contributed by atoms with Crippen molar-refractivity contribution in [3.8, 4) is 11.5 Å². The molecule has 4 nitrogen and oxygen atoms in total. The number of alkyl halides is 3. The molecule has 0 unspecified atom stereocenters. The fourth-order valence-corrected chi connectivity index (χ4v) is 3.24. The zero-order valence-electron chi connectivity index (χ0n) is 14.7. The molecule has 146 valence electrons. The van der Waals surface area contributed by atoms with Crippen LogP contribution in [0.25, 0.3) is 0 Å². The van der Waals surface area contributed by atoms with E-state index in [-0.39, 0.29) is 12.3 Å². The van der Waals surface area contributed by atoms with Gasteiger partial charge in [0.2, 0.25) is 0 Å². The molecule has 2 aromatic carbocycles. The molecule has 0 bridgehead atoms. The van der Waals surface area contributed by atoms with E-state index >= 15 is 0 Å². The number of thiophene rings is 1. The molecule has 0 atom stereocenters. The van der Waals surface area contributed by atoms with Crippen LogP contribution in [0.1, 0.15) is 20.8 Å². The number of ether oxygens (including phenoxy) is 2. The van der Waals surface area contributed by atoms with Crippen molar-refractivity contribution in [2.45, 2.75) is 12.8 Å². The molecular formula is C20H16F3NO3S. The van der Waals surface area contributed by atoms with Gasteiger partial charge in [-0.3, -0.25) is 4.79 Å². The van der Waals surface area contributed by atoms with E-state index in [1.165, 1.54) is 18.2 Å². The number of anilines is 1. The standard InChI is InChI=1S/C20H16F3NO3S/c1-26-14-5-4-6-15(10-14)27-11-13-9-18(28-12-13)19(25)24-17-8-3-2-7-16(17)20(21,22)23/h2-10,12H,11H2,1H3,(H,24,25). The molecule has 3 rings (SSSR count). The summed E-state index contributed by atoms with van der Waals surface area (Å²) in [7, 11) is 1.56. The highest BCUT2D eigenvalue weighted by molar-refractivity contribution is 7.12. The van der Waals surface area contributed by atoms with E-state index < -0.39 is 17.6 Å². The van der Waals surface area contributed by atoms with Gasteiger partial charge in [-0.2, -0.15) is 13.2 Å². The van der Waals surface area contributed by atoms with Crippen LogP contribution in [-0.2, 0) is 12.8 Å². The molecule has 0 aliphatic heterocycles. The van der Waals surface area contributed by atoms with Crippen LogP contribution in [0, 0.1) is 0 Å². The minimum Gasteiger partial charge on any atom is -0.497 e. The average molecular weight is 407 g/mol. The van der Waals surface area contributed by atoms with Crippen LogP contribution in [0.3, 0.4) is 0 Å². The summed E-state index contributed by atoms with van der Waals surface area (Å²) in [5.41, 5.74) is -0.425. The van der Waals surface area contributed by atoms with E-state index in [0.717, 1.165) is 23.0 Å². The van der Waals surface area contributed by atoms with Gasteiger partial charge in [-0.15, -0.1) is 11.3 Å². The van der Waals surface area contributed by atoms with Crippen LogP contribution < -0.4 is 14.8 Å². The monoisotopic (exact) mass is 407 g/mol. The lowest BCUT2D eigenvalue weighted by Crippen LogP contribution is -2.15. The molecular weight excluding hydrogens is 391 g/mol. The SMILES string of the molecule is COc1cccc(OCc2csc(C(=O)Nc3ccccc3C(F)(F)F)c2)c1. The Kier molecular flexibility index (Phi) is 5.89. The Balaban J connectivity index is 1.66. The smallest absolute Gasteiger partial charge is 0.418 e. The maximum Gasteiger partial charge on any atom is 0.418 e. The zero-order valence-corrected chi connectivity index (χ0v) is 15.6. The van der Waals surface area contributed by atoms with Crippen molar-refractivity contribution in [3.05, 3.63) is 76.0 Å². The summed E-state index contributed by atoms with van der Waals surface area (Å²) >= 11 is 1.14. The fraction of sp³-hybridized carbons (Fsp3) is 0.150. The van der Waals surface area contributed by atoms with Crippen LogP contribution in [0.5, 0.6) is 11.5 Å². The molecule has 28 heavy (non-hydrogen) atoms. The van der Waals surface area contributed by atoms with E-state index in [0.29, 0.717) is 16.4 Å². The molecule has 1 N–H and O–H groups in total. The van der Waals surface area contributed by atoms with Gasteiger partial charge in [-0.05, 0) is 35.7 Å². The molecule has 0 spiro atoms. The Labute approximate surface area is 163 Å². The average Bonchev–Trinajstić information content (AvgIpc) is 3.15. The third-order valence-electron chi connectivity index (χ3n) is 3.80. The van der Waals surface area contributed by atoms with E-state index in [2.05, 4.69) is 5.32 Å². The number of carbonyl (C=O) groups is 1. The maximum atomic E-state index is 13.0. The van der Waals surface area contributed by atoms with Crippen molar-refractivity contribution in [2.75, 3.05) is 12.4 Å². The van der Waals surface area contributed by atoms with Crippen molar-refractivity contribution in [1.29, 1.82) is 0 Å². The molecule has 0 saturated heterocycles. The third kappa shape index (κ3) is 4.83. The maximum absolute atomic E-state index is 13.0. The van der Waals surface area contributed by atoms with Crippen molar-refractivity contribution >= 4 is 22.9 Å². The molecule has 0 fully saturated rings. The number of hydrogen-bond donors (Lipinski definition) is 1. The molecule has 0 radical (unpaired) electrons. The number of rotatable bonds is 6. The first-order valence-electron chi connectivity index (χ1n) is 8.18. The molecule has 1 amide bonds. The van der Waals surface area contributed by atoms with Gasteiger partial charge in [0.15, 0.2) is 0 Å². The minimum absolute atomic E-state index is 0.218. The van der Waals surface area contributed by atoms with E-state index in [9.17, 15) is 18.0 Å². The van der Waals surface area contributed by atoms with Gasteiger partial charge in [0, 0.05) is 11.6 Å². The first kappa shape index (κ1) is 19.8. The van der Waals surface area contributed by atoms with Crippen LogP contribution >= 0.6 is 11.3 Å². The summed E-state index contributed by atoms with van der Waals surface area (Å²) in [5, 5.41) is 4.06. The Morgan fingerprint density at radius 1 is 1.07 bits per heavy atom. The Morgan fingerprint density at radius 3 is 2.57 bits per heavy atom. The van der Waals surface area contributed by atoms with Gasteiger partial charge in [-0.1, -0.05) is 18.2 Å². The van der Waals surface area contributed by atoms with E-state index in [1.54, 1.807) is 42.8 Å². The van der Waals surface area contributed by atoms with Gasteiger partial charge in [-0.25, -0.2) is 0 Å². The van der Waals surface area contributed by atoms with Crippen LogP contribution in [-0.4, -0.2) is 13.0 Å². The third-order valence-corrected chi connectivity index (χ3v) is 4.78. The van der Waals surface area contributed by atoms with Gasteiger partial charge in [0.25, 0.3) is 5.91 Å². The van der Waals surface area contributed by atoms with Crippen molar-refractivity contribution in [3.63, 3.8) is 0 Å². The molecule has 0 aliphatic carbocycles. The number of benzene rings is 2. The van der Waals surface area contributed by atoms with Gasteiger partial charge >= 0.3 is 6.18 Å². The summed E-state index contributed by atoms with van der Waals surface area (Å²) in [6, 6.07) is 13.5. The molecule has 0 saturated carbocycles. The largest absolute Gasteiger partial charge is 0.497 e. The zero-order chi connectivity index (χ0) is 20.1. The Hall–Kier alpha value is -3.00. The van der Waals surface area contributed by atoms with Crippen molar-refractivity contribution in [2.24, 2.45) is 0 Å². The van der Waals surface area contributed by atoms with E-state index in [1.807, 2.05) is 0 Å². The second-order valence-corrected chi connectivity index (χ2v) is 6.70. The summed E-state index contributed by atoms with van der Waals surface area (Å²) in [6.45, 7) is 0.218. The van der Waals surface area contributed by atoms with Crippen LogP contribution in [0.2, 0.25) is 0 Å². The summed E-state index contributed by atoms with van der Waals surface area (Å²) in [5.74, 6) is 0.663. The van der Waals surface area contributed by atoms with Crippen molar-refractivity contribution in [1.82, 2.24) is 0 Å². The molecule has 0 aliphatic rings. The number of amides is 1.